The molecule has 26 heavy (non-hydrogen) atoms. The maximum absolute atomic E-state index is 11.6. The first-order valence-corrected chi connectivity index (χ1v) is 10.6. The maximum Gasteiger partial charge on any atom is 0.111 e. The smallest absolute Gasteiger partial charge is 0.111 e. The van der Waals surface area contributed by atoms with Crippen molar-refractivity contribution >= 4 is 5.71 Å². The lowest BCUT2D eigenvalue weighted by molar-refractivity contribution is -0.0740. The number of aliphatic hydroxyl groups is 1. The summed E-state index contributed by atoms with van der Waals surface area (Å²) in [5.41, 5.74) is -0.0370. The molecule has 150 valence electrons. The van der Waals surface area contributed by atoms with Gasteiger partial charge in [0, 0.05) is 19.6 Å². The molecule has 1 N–H and O–H groups in total. The van der Waals surface area contributed by atoms with E-state index in [0.29, 0.717) is 12.0 Å². The molecule has 0 amide bonds. The minimum Gasteiger partial charge on any atom is -0.383 e. The summed E-state index contributed by atoms with van der Waals surface area (Å²) in [7, 11) is 1.83. The van der Waals surface area contributed by atoms with Gasteiger partial charge in [-0.25, -0.2) is 0 Å². The molecule has 0 radical (unpaired) electrons. The first kappa shape index (κ1) is 21.4. The lowest BCUT2D eigenvalue weighted by Crippen LogP contribution is -2.52. The van der Waals surface area contributed by atoms with Crippen LogP contribution >= 0.6 is 0 Å². The molecule has 4 nitrogen and oxygen atoms in total. The molecule has 2 rings (SSSR count). The van der Waals surface area contributed by atoms with Crippen molar-refractivity contribution < 1.29 is 9.84 Å². The van der Waals surface area contributed by atoms with Crippen LogP contribution in [0.5, 0.6) is 0 Å². The van der Waals surface area contributed by atoms with Crippen molar-refractivity contribution in [2.75, 3.05) is 13.7 Å². The van der Waals surface area contributed by atoms with Gasteiger partial charge in [0.05, 0.1) is 17.4 Å². The number of ether oxygens (including phenoxy) is 1. The minimum absolute atomic E-state index is 0.0483. The van der Waals surface area contributed by atoms with E-state index in [1.165, 1.54) is 0 Å². The summed E-state index contributed by atoms with van der Waals surface area (Å²) >= 11 is 0. The highest BCUT2D eigenvalue weighted by Crippen LogP contribution is 2.39. The molecule has 3 atom stereocenters. The molecule has 1 heterocycles. The van der Waals surface area contributed by atoms with E-state index in [0.717, 1.165) is 63.6 Å². The second-order valence-electron chi connectivity index (χ2n) is 8.48. The van der Waals surface area contributed by atoms with E-state index in [-0.39, 0.29) is 11.5 Å². The van der Waals surface area contributed by atoms with Crippen LogP contribution in [0.15, 0.2) is 17.8 Å². The lowest BCUT2D eigenvalue weighted by Gasteiger charge is -2.43. The molecule has 1 saturated carbocycles. The molecule has 2 aliphatic rings. The van der Waals surface area contributed by atoms with Gasteiger partial charge in [-0.05, 0) is 57.3 Å². The summed E-state index contributed by atoms with van der Waals surface area (Å²) in [4.78, 5) is 0. The number of hydrogen-bond acceptors (Lipinski definition) is 4. The van der Waals surface area contributed by atoms with Crippen molar-refractivity contribution in [3.05, 3.63) is 12.7 Å². The summed E-state index contributed by atoms with van der Waals surface area (Å²) < 4.78 is 6.01. The van der Waals surface area contributed by atoms with Gasteiger partial charge in [0.2, 0.25) is 0 Å². The first-order valence-electron chi connectivity index (χ1n) is 10.6. The van der Waals surface area contributed by atoms with Crippen molar-refractivity contribution in [3.8, 4) is 0 Å². The van der Waals surface area contributed by atoms with Gasteiger partial charge in [-0.15, -0.1) is 6.58 Å². The average molecular weight is 365 g/mol. The highest BCUT2D eigenvalue weighted by atomic mass is 16.5. The molecule has 1 aliphatic carbocycles. The molecule has 0 unspecified atom stereocenters. The Morgan fingerprint density at radius 3 is 2.58 bits per heavy atom. The van der Waals surface area contributed by atoms with Gasteiger partial charge in [-0.1, -0.05) is 33.8 Å². The summed E-state index contributed by atoms with van der Waals surface area (Å²) in [5, 5.41) is 19.0. The second kappa shape index (κ2) is 8.88. The van der Waals surface area contributed by atoms with Crippen molar-refractivity contribution in [3.63, 3.8) is 0 Å². The largest absolute Gasteiger partial charge is 0.383 e. The van der Waals surface area contributed by atoms with E-state index < -0.39 is 5.60 Å². The number of rotatable bonds is 8. The molecule has 1 saturated heterocycles. The number of methoxy groups -OCH3 is 1. The Bertz CT molecular complexity index is 490. The Balaban J connectivity index is 2.36. The molecule has 0 bridgehead atoms. The molecular weight excluding hydrogens is 324 g/mol. The van der Waals surface area contributed by atoms with Crippen LogP contribution < -0.4 is 0 Å². The van der Waals surface area contributed by atoms with Crippen LogP contribution in [0.1, 0.15) is 79.1 Å². The van der Waals surface area contributed by atoms with Crippen molar-refractivity contribution in [1.82, 2.24) is 5.01 Å². The van der Waals surface area contributed by atoms with Gasteiger partial charge in [0.15, 0.2) is 0 Å². The lowest BCUT2D eigenvalue weighted by atomic mass is 9.70. The van der Waals surface area contributed by atoms with E-state index >= 15 is 0 Å². The van der Waals surface area contributed by atoms with Gasteiger partial charge in [-0.2, -0.15) is 5.10 Å². The predicted octanol–water partition coefficient (Wildman–Crippen LogP) is 4.78. The summed E-state index contributed by atoms with van der Waals surface area (Å²) in [6, 6.07) is 0.294. The van der Waals surface area contributed by atoms with Gasteiger partial charge < -0.3 is 9.84 Å². The Hall–Kier alpha value is -0.870. The van der Waals surface area contributed by atoms with E-state index in [1.54, 1.807) is 0 Å². The fraction of sp³-hybridized carbons (Fsp3) is 0.864. The molecule has 0 aromatic rings. The molecule has 4 heteroatoms. The fourth-order valence-corrected chi connectivity index (χ4v) is 5.27. The van der Waals surface area contributed by atoms with Crippen LogP contribution in [-0.2, 0) is 4.74 Å². The average Bonchev–Trinajstić information content (AvgIpc) is 3.08. The molecule has 2 fully saturated rings. The predicted molar refractivity (Wildman–Crippen MR) is 109 cm³/mol. The monoisotopic (exact) mass is 364 g/mol. The molecular formula is C22H40N2O2. The Labute approximate surface area is 160 Å². The first-order chi connectivity index (χ1) is 12.4. The van der Waals surface area contributed by atoms with Crippen molar-refractivity contribution in [2.24, 2.45) is 16.9 Å². The third kappa shape index (κ3) is 3.87. The molecule has 0 aromatic carbocycles. The zero-order valence-electron chi connectivity index (χ0n) is 17.6. The number of hydrogen-bond donors (Lipinski definition) is 1. The highest BCUT2D eigenvalue weighted by molar-refractivity contribution is 5.93. The zero-order chi connectivity index (χ0) is 19.4. The quantitative estimate of drug-likeness (QED) is 0.631. The number of nitrogens with zero attached hydrogens (tertiary/aromatic N) is 2. The van der Waals surface area contributed by atoms with E-state index in [1.807, 2.05) is 13.2 Å². The van der Waals surface area contributed by atoms with Crippen LogP contribution in [0, 0.1) is 11.8 Å². The standard InChI is InChI=1S/C22H40N2O2/c1-7-18(17(4)5)22(25)15-11-10-13-19(22)23-24-16-12-14-20(24)21(8-2,9-3)26-6/h7,17-18,20,25H,1,8-16H2,2-6H3/b23-19+/t18-,20+,22-/m1/s1. The van der Waals surface area contributed by atoms with Gasteiger partial charge in [0.1, 0.15) is 5.60 Å². The van der Waals surface area contributed by atoms with E-state index in [4.69, 9.17) is 9.84 Å². The Kier molecular flexibility index (Phi) is 7.32. The third-order valence-electron chi connectivity index (χ3n) is 6.93. The fourth-order valence-electron chi connectivity index (χ4n) is 5.27. The maximum atomic E-state index is 11.6. The third-order valence-corrected chi connectivity index (χ3v) is 6.93. The van der Waals surface area contributed by atoms with E-state index in [2.05, 4.69) is 39.3 Å². The highest BCUT2D eigenvalue weighted by Gasteiger charge is 2.46. The molecule has 1 aliphatic heterocycles. The van der Waals surface area contributed by atoms with Crippen LogP contribution in [-0.4, -0.2) is 46.7 Å². The normalized spacial score (nSPS) is 30.2. The van der Waals surface area contributed by atoms with Gasteiger partial charge >= 0.3 is 0 Å². The SMILES string of the molecule is C=C[C@H](C(C)C)[C@]1(O)CCCC/C1=N\N1CCC[C@H]1C(CC)(CC)OC. The van der Waals surface area contributed by atoms with Crippen molar-refractivity contribution in [1.29, 1.82) is 0 Å². The Morgan fingerprint density at radius 2 is 2.04 bits per heavy atom. The second-order valence-corrected chi connectivity index (χ2v) is 8.48. The summed E-state index contributed by atoms with van der Waals surface area (Å²) in [5.74, 6) is 0.395. The van der Waals surface area contributed by atoms with Crippen LogP contribution in [0.25, 0.3) is 0 Å². The molecule has 0 aromatic heterocycles. The minimum atomic E-state index is -0.852. The zero-order valence-corrected chi connectivity index (χ0v) is 17.6. The van der Waals surface area contributed by atoms with E-state index in [9.17, 15) is 5.11 Å². The molecule has 0 spiro atoms. The van der Waals surface area contributed by atoms with Crippen LogP contribution in [0.4, 0.5) is 0 Å². The van der Waals surface area contributed by atoms with Crippen molar-refractivity contribution in [2.45, 2.75) is 96.3 Å². The van der Waals surface area contributed by atoms with Gasteiger partial charge in [-0.3, -0.25) is 5.01 Å². The summed E-state index contributed by atoms with van der Waals surface area (Å²) in [6.45, 7) is 13.7. The summed E-state index contributed by atoms with van der Waals surface area (Å²) in [6.07, 6.45) is 9.99. The van der Waals surface area contributed by atoms with Crippen LogP contribution in [0.2, 0.25) is 0 Å². The Morgan fingerprint density at radius 1 is 1.35 bits per heavy atom. The number of hydrazone groups is 1. The van der Waals surface area contributed by atoms with Crippen LogP contribution in [0.3, 0.4) is 0 Å². The topological polar surface area (TPSA) is 45.1 Å². The van der Waals surface area contributed by atoms with Gasteiger partial charge in [0.25, 0.3) is 0 Å².